The molecule has 4 aromatic rings. The predicted octanol–water partition coefficient (Wildman–Crippen LogP) is 3.68. The minimum atomic E-state index is -0.424. The quantitative estimate of drug-likeness (QED) is 0.371. The summed E-state index contributed by atoms with van der Waals surface area (Å²) in [5.41, 5.74) is 2.64. The third-order valence-corrected chi connectivity index (χ3v) is 9.30. The van der Waals surface area contributed by atoms with Gasteiger partial charge >= 0.3 is 0 Å². The first-order valence-electron chi connectivity index (χ1n) is 13.6. The molecule has 1 unspecified atom stereocenters. The Hall–Kier alpha value is -3.60. The number of amides is 2. The molecule has 9 nitrogen and oxygen atoms in total. The number of rotatable bonds is 5. The van der Waals surface area contributed by atoms with E-state index in [2.05, 4.69) is 27.0 Å². The van der Waals surface area contributed by atoms with Crippen molar-refractivity contribution >= 4 is 61.4 Å². The Balaban J connectivity index is 1.26. The average Bonchev–Trinajstić information content (AvgIpc) is 3.67. The first-order valence-corrected chi connectivity index (χ1v) is 14.5. The number of anilines is 1. The highest BCUT2D eigenvalue weighted by Crippen LogP contribution is 2.38. The van der Waals surface area contributed by atoms with Gasteiger partial charge in [0, 0.05) is 54.8 Å². The van der Waals surface area contributed by atoms with E-state index in [0.29, 0.717) is 40.3 Å². The third kappa shape index (κ3) is 4.23. The van der Waals surface area contributed by atoms with E-state index in [9.17, 15) is 9.59 Å². The second-order valence-corrected chi connectivity index (χ2v) is 11.4. The predicted molar refractivity (Wildman–Crippen MR) is 152 cm³/mol. The summed E-state index contributed by atoms with van der Waals surface area (Å²) in [6.07, 6.45) is 3.91. The number of carbonyl (C=O) groups excluding carboxylic acids is 2. The molecular formula is C29H30N6O3S. The number of benzene rings is 1. The Labute approximate surface area is 229 Å². The van der Waals surface area contributed by atoms with Crippen LogP contribution in [0.15, 0.2) is 41.9 Å². The number of piperidine rings is 1. The van der Waals surface area contributed by atoms with Gasteiger partial charge in [-0.2, -0.15) is 0 Å². The van der Waals surface area contributed by atoms with Crippen molar-refractivity contribution in [3.8, 4) is 0 Å². The number of imide groups is 1. The van der Waals surface area contributed by atoms with E-state index in [1.807, 2.05) is 35.7 Å². The van der Waals surface area contributed by atoms with Crippen LogP contribution in [0.3, 0.4) is 0 Å². The van der Waals surface area contributed by atoms with Crippen LogP contribution in [0.1, 0.15) is 31.0 Å². The standard InChI is InChI=1S/C29H30N6O3S/c1-17(34-11-13-38-14-12-34)18-6-9-35(10-7-18)29-31-22-5-3-2-4-20(22)25(32-29)24-23(26(36)33-27(24)37)21-16-30-28-19(21)8-15-39-28/h2-5,8,15-18,30H,6-7,9-14H2,1H3,(H,33,36,37). The zero-order valence-electron chi connectivity index (χ0n) is 21.8. The Morgan fingerprint density at radius 2 is 1.74 bits per heavy atom. The van der Waals surface area contributed by atoms with Crippen molar-refractivity contribution in [3.63, 3.8) is 0 Å². The van der Waals surface area contributed by atoms with Crippen LogP contribution in [0.25, 0.3) is 32.3 Å². The number of nitrogens with one attached hydrogen (secondary N) is 2. The van der Waals surface area contributed by atoms with Crippen LogP contribution in [-0.2, 0) is 14.3 Å². The van der Waals surface area contributed by atoms with Gasteiger partial charge in [-0.1, -0.05) is 18.2 Å². The highest BCUT2D eigenvalue weighted by molar-refractivity contribution is 7.16. The largest absolute Gasteiger partial charge is 0.379 e. The first-order chi connectivity index (χ1) is 19.1. The van der Waals surface area contributed by atoms with Gasteiger partial charge in [0.1, 0.15) is 4.83 Å². The fourth-order valence-corrected chi connectivity index (χ4v) is 7.03. The number of morpholine rings is 1. The van der Waals surface area contributed by atoms with Gasteiger partial charge in [0.15, 0.2) is 0 Å². The zero-order chi connectivity index (χ0) is 26.5. The summed E-state index contributed by atoms with van der Waals surface area (Å²) in [7, 11) is 0. The lowest BCUT2D eigenvalue weighted by Crippen LogP contribution is -2.48. The molecule has 1 atom stereocenters. The maximum atomic E-state index is 13.3. The fourth-order valence-electron chi connectivity index (χ4n) is 6.25. The number of fused-ring (bicyclic) bond motifs is 2. The van der Waals surface area contributed by atoms with Crippen LogP contribution < -0.4 is 10.2 Å². The van der Waals surface area contributed by atoms with Crippen molar-refractivity contribution in [2.24, 2.45) is 5.92 Å². The van der Waals surface area contributed by atoms with E-state index >= 15 is 0 Å². The van der Waals surface area contributed by atoms with Crippen LogP contribution in [-0.4, -0.2) is 77.1 Å². The number of H-pyrrole nitrogens is 1. The van der Waals surface area contributed by atoms with Gasteiger partial charge in [-0.15, -0.1) is 11.3 Å². The van der Waals surface area contributed by atoms with Gasteiger partial charge in [-0.25, -0.2) is 9.97 Å². The summed E-state index contributed by atoms with van der Waals surface area (Å²) in [5, 5.41) is 6.18. The number of para-hydroxylation sites is 1. The number of thiophene rings is 1. The fraction of sp³-hybridized carbons (Fsp3) is 0.379. The summed E-state index contributed by atoms with van der Waals surface area (Å²) >= 11 is 1.56. The lowest BCUT2D eigenvalue weighted by Gasteiger charge is -2.41. The first kappa shape index (κ1) is 24.4. The van der Waals surface area contributed by atoms with Crippen LogP contribution in [0.2, 0.25) is 0 Å². The lowest BCUT2D eigenvalue weighted by atomic mass is 9.89. The smallest absolute Gasteiger partial charge is 0.261 e. The van der Waals surface area contributed by atoms with E-state index in [1.54, 1.807) is 17.5 Å². The molecule has 39 heavy (non-hydrogen) atoms. The Kier molecular flexibility index (Phi) is 6.18. The highest BCUT2D eigenvalue weighted by atomic mass is 32.1. The molecule has 6 heterocycles. The topological polar surface area (TPSA) is 103 Å². The van der Waals surface area contributed by atoms with Gasteiger partial charge in [0.2, 0.25) is 5.95 Å². The molecule has 2 amide bonds. The van der Waals surface area contributed by atoms with E-state index in [4.69, 9.17) is 14.7 Å². The Bertz CT molecular complexity index is 1610. The molecule has 3 aliphatic heterocycles. The number of ether oxygens (including phenoxy) is 1. The van der Waals surface area contributed by atoms with Crippen molar-refractivity contribution in [2.45, 2.75) is 25.8 Å². The van der Waals surface area contributed by atoms with Crippen LogP contribution in [0.5, 0.6) is 0 Å². The number of hydrogen-bond donors (Lipinski definition) is 2. The summed E-state index contributed by atoms with van der Waals surface area (Å²) in [5.74, 6) is 0.389. The third-order valence-electron chi connectivity index (χ3n) is 8.46. The second-order valence-electron chi connectivity index (χ2n) is 10.5. The van der Waals surface area contributed by atoms with Crippen molar-refractivity contribution in [2.75, 3.05) is 44.3 Å². The molecule has 3 aliphatic rings. The van der Waals surface area contributed by atoms with E-state index in [1.165, 1.54) is 0 Å². The summed E-state index contributed by atoms with van der Waals surface area (Å²) in [4.78, 5) is 45.3. The van der Waals surface area contributed by atoms with Gasteiger partial charge in [-0.05, 0) is 43.2 Å². The van der Waals surface area contributed by atoms with Crippen molar-refractivity contribution in [1.82, 2.24) is 25.2 Å². The molecule has 2 saturated heterocycles. The normalized spacial score (nSPS) is 20.4. The van der Waals surface area contributed by atoms with Gasteiger partial charge in [-0.3, -0.25) is 19.8 Å². The molecule has 1 aromatic carbocycles. The van der Waals surface area contributed by atoms with Crippen LogP contribution in [0.4, 0.5) is 5.95 Å². The summed E-state index contributed by atoms with van der Waals surface area (Å²) in [6.45, 7) is 7.65. The van der Waals surface area contributed by atoms with Crippen LogP contribution >= 0.6 is 11.3 Å². The SMILES string of the molecule is CC(C1CCN(c2nc(C3=C(c4c[nH]c5sccc45)C(=O)NC3=O)c3ccccc3n2)CC1)N1CCOCC1. The molecule has 0 bridgehead atoms. The Morgan fingerprint density at radius 1 is 0.974 bits per heavy atom. The van der Waals surface area contributed by atoms with Crippen molar-refractivity contribution in [1.29, 1.82) is 0 Å². The number of carbonyl (C=O) groups is 2. The van der Waals surface area contributed by atoms with Crippen molar-refractivity contribution in [3.05, 3.63) is 53.2 Å². The molecule has 0 saturated carbocycles. The molecular weight excluding hydrogens is 512 g/mol. The molecule has 2 fully saturated rings. The van der Waals surface area contributed by atoms with E-state index in [-0.39, 0.29) is 0 Å². The summed E-state index contributed by atoms with van der Waals surface area (Å²) in [6, 6.07) is 10.2. The molecule has 7 rings (SSSR count). The monoisotopic (exact) mass is 542 g/mol. The van der Waals surface area contributed by atoms with E-state index in [0.717, 1.165) is 73.4 Å². The van der Waals surface area contributed by atoms with Crippen molar-refractivity contribution < 1.29 is 14.3 Å². The molecule has 200 valence electrons. The molecule has 10 heteroatoms. The highest BCUT2D eigenvalue weighted by Gasteiger charge is 2.36. The molecule has 0 spiro atoms. The van der Waals surface area contributed by atoms with Gasteiger partial charge in [0.25, 0.3) is 11.8 Å². The maximum absolute atomic E-state index is 13.3. The van der Waals surface area contributed by atoms with Crippen LogP contribution in [0, 0.1) is 5.92 Å². The Morgan fingerprint density at radius 3 is 2.56 bits per heavy atom. The van der Waals surface area contributed by atoms with Gasteiger partial charge < -0.3 is 14.6 Å². The number of aromatic amines is 1. The molecule has 2 N–H and O–H groups in total. The number of hydrogen-bond acceptors (Lipinski definition) is 8. The number of aromatic nitrogens is 3. The second kappa shape index (κ2) is 9.86. The van der Waals surface area contributed by atoms with Gasteiger partial charge in [0.05, 0.1) is 35.6 Å². The minimum Gasteiger partial charge on any atom is -0.379 e. The molecule has 3 aromatic heterocycles. The molecule has 0 radical (unpaired) electrons. The zero-order valence-corrected chi connectivity index (χ0v) is 22.6. The molecule has 0 aliphatic carbocycles. The van der Waals surface area contributed by atoms with E-state index < -0.39 is 11.8 Å². The average molecular weight is 543 g/mol. The minimum absolute atomic E-state index is 0.308. The lowest BCUT2D eigenvalue weighted by molar-refractivity contribution is -0.122. The summed E-state index contributed by atoms with van der Waals surface area (Å²) < 4.78 is 5.54. The maximum Gasteiger partial charge on any atom is 0.261 e. The number of nitrogens with zero attached hydrogens (tertiary/aromatic N) is 4.